The zero-order chi connectivity index (χ0) is 16.0. The highest BCUT2D eigenvalue weighted by Crippen LogP contribution is 2.34. The molecule has 0 bridgehead atoms. The van der Waals surface area contributed by atoms with Crippen LogP contribution >= 0.6 is 0 Å². The highest BCUT2D eigenvalue weighted by molar-refractivity contribution is 5.53. The lowest BCUT2D eigenvalue weighted by Gasteiger charge is -2.33. The van der Waals surface area contributed by atoms with Gasteiger partial charge in [0.05, 0.1) is 0 Å². The van der Waals surface area contributed by atoms with Crippen LogP contribution in [-0.4, -0.2) is 43.6 Å². The molecule has 0 unspecified atom stereocenters. The molecule has 1 fully saturated rings. The first-order valence-corrected chi connectivity index (χ1v) is 6.46. The molecule has 0 radical (unpaired) electrons. The molecular formula is C12H24O8. The lowest BCUT2D eigenvalue weighted by atomic mass is 9.81. The minimum Gasteiger partial charge on any atom is -0.450 e. The molecular weight excluding hydrogens is 272 g/mol. The van der Waals surface area contributed by atoms with Crippen LogP contribution in [0.25, 0.3) is 0 Å². The van der Waals surface area contributed by atoms with Crippen molar-refractivity contribution in [1.29, 1.82) is 0 Å². The molecule has 0 aliphatic heterocycles. The predicted octanol–water partition coefficient (Wildman–Crippen LogP) is 3.81. The van der Waals surface area contributed by atoms with Gasteiger partial charge in [0.15, 0.2) is 0 Å². The topological polar surface area (TPSA) is 145 Å². The first-order valence-electron chi connectivity index (χ1n) is 6.46. The minimum atomic E-state index is -1.83. The molecule has 20 heavy (non-hydrogen) atoms. The molecule has 1 aliphatic carbocycles. The zero-order valence-electron chi connectivity index (χ0n) is 11.6. The van der Waals surface area contributed by atoms with E-state index in [2.05, 4.69) is 11.8 Å². The SMILES string of the molecule is CCCCC1(OO)CCCCC1.O=C(O)O.O=C(O)O. The maximum Gasteiger partial charge on any atom is 0.503 e. The van der Waals surface area contributed by atoms with E-state index in [1.165, 1.54) is 32.1 Å². The van der Waals surface area contributed by atoms with Gasteiger partial charge in [-0.05, 0) is 19.3 Å². The van der Waals surface area contributed by atoms with Crippen LogP contribution < -0.4 is 0 Å². The molecule has 120 valence electrons. The van der Waals surface area contributed by atoms with Crippen LogP contribution in [0.5, 0.6) is 0 Å². The summed E-state index contributed by atoms with van der Waals surface area (Å²) in [6, 6.07) is 0. The Morgan fingerprint density at radius 3 is 1.70 bits per heavy atom. The molecule has 0 heterocycles. The van der Waals surface area contributed by atoms with Gasteiger partial charge in [0, 0.05) is 0 Å². The van der Waals surface area contributed by atoms with E-state index >= 15 is 0 Å². The lowest BCUT2D eigenvalue weighted by Crippen LogP contribution is -2.33. The summed E-state index contributed by atoms with van der Waals surface area (Å²) in [6.45, 7) is 2.17. The summed E-state index contributed by atoms with van der Waals surface area (Å²) >= 11 is 0. The molecule has 8 nitrogen and oxygen atoms in total. The van der Waals surface area contributed by atoms with Crippen molar-refractivity contribution < 1.29 is 40.2 Å². The van der Waals surface area contributed by atoms with Crippen LogP contribution in [0.2, 0.25) is 0 Å². The van der Waals surface area contributed by atoms with Crippen LogP contribution in [0.3, 0.4) is 0 Å². The van der Waals surface area contributed by atoms with E-state index in [0.29, 0.717) is 0 Å². The van der Waals surface area contributed by atoms with Gasteiger partial charge in [-0.3, -0.25) is 5.26 Å². The summed E-state index contributed by atoms with van der Waals surface area (Å²) in [5, 5.41) is 36.8. The summed E-state index contributed by atoms with van der Waals surface area (Å²) < 4.78 is 0. The van der Waals surface area contributed by atoms with Crippen molar-refractivity contribution in [2.24, 2.45) is 0 Å². The number of unbranched alkanes of at least 4 members (excludes halogenated alkanes) is 1. The summed E-state index contributed by atoms with van der Waals surface area (Å²) in [5.74, 6) is 0. The Hall–Kier alpha value is -1.54. The summed E-state index contributed by atoms with van der Waals surface area (Å²) in [6.07, 6.45) is 5.53. The summed E-state index contributed by atoms with van der Waals surface area (Å²) in [4.78, 5) is 21.8. The third-order valence-corrected chi connectivity index (χ3v) is 2.94. The van der Waals surface area contributed by atoms with Gasteiger partial charge in [0.2, 0.25) is 0 Å². The van der Waals surface area contributed by atoms with Crippen LogP contribution in [0.1, 0.15) is 58.3 Å². The molecule has 0 aromatic carbocycles. The van der Waals surface area contributed by atoms with Gasteiger partial charge in [-0.1, -0.05) is 39.0 Å². The number of rotatable bonds is 4. The maximum atomic E-state index is 8.87. The summed E-state index contributed by atoms with van der Waals surface area (Å²) in [5.41, 5.74) is -0.172. The Bertz CT molecular complexity index is 240. The lowest BCUT2D eigenvalue weighted by molar-refractivity contribution is -0.332. The van der Waals surface area contributed by atoms with Crippen LogP contribution in [-0.2, 0) is 4.89 Å². The van der Waals surface area contributed by atoms with E-state index in [-0.39, 0.29) is 5.60 Å². The van der Waals surface area contributed by atoms with E-state index < -0.39 is 12.3 Å². The first-order chi connectivity index (χ1) is 9.29. The number of hydrogen-bond donors (Lipinski definition) is 5. The Balaban J connectivity index is 0. The smallest absolute Gasteiger partial charge is 0.450 e. The number of carboxylic acid groups (broad SMARTS) is 4. The van der Waals surface area contributed by atoms with E-state index in [1.807, 2.05) is 0 Å². The molecule has 0 saturated heterocycles. The molecule has 1 saturated carbocycles. The largest absolute Gasteiger partial charge is 0.503 e. The highest BCUT2D eigenvalue weighted by Gasteiger charge is 2.32. The Morgan fingerprint density at radius 2 is 1.40 bits per heavy atom. The van der Waals surface area contributed by atoms with E-state index in [1.54, 1.807) is 0 Å². The van der Waals surface area contributed by atoms with Crippen LogP contribution in [0.15, 0.2) is 0 Å². The Kier molecular flexibility index (Phi) is 13.0. The second-order valence-corrected chi connectivity index (χ2v) is 4.50. The van der Waals surface area contributed by atoms with Crippen molar-refractivity contribution in [3.05, 3.63) is 0 Å². The normalized spacial score (nSPS) is 15.9. The average molecular weight is 296 g/mol. The second kappa shape index (κ2) is 12.5. The number of carbonyl (C=O) groups is 2. The minimum absolute atomic E-state index is 0.172. The van der Waals surface area contributed by atoms with Crippen molar-refractivity contribution in [2.45, 2.75) is 63.9 Å². The van der Waals surface area contributed by atoms with Gasteiger partial charge in [0.1, 0.15) is 5.60 Å². The van der Waals surface area contributed by atoms with Crippen LogP contribution in [0, 0.1) is 0 Å². The first kappa shape index (κ1) is 20.8. The van der Waals surface area contributed by atoms with Gasteiger partial charge in [-0.15, -0.1) is 0 Å². The van der Waals surface area contributed by atoms with Gasteiger partial charge < -0.3 is 20.4 Å². The van der Waals surface area contributed by atoms with E-state index in [4.69, 9.17) is 35.3 Å². The molecule has 8 heteroatoms. The molecule has 1 aliphatic rings. The van der Waals surface area contributed by atoms with E-state index in [0.717, 1.165) is 19.3 Å². The quantitative estimate of drug-likeness (QED) is 0.389. The van der Waals surface area contributed by atoms with Crippen molar-refractivity contribution in [3.8, 4) is 0 Å². The monoisotopic (exact) mass is 296 g/mol. The molecule has 0 amide bonds. The third kappa shape index (κ3) is 14.5. The van der Waals surface area contributed by atoms with Gasteiger partial charge in [-0.25, -0.2) is 14.5 Å². The molecule has 0 spiro atoms. The van der Waals surface area contributed by atoms with Crippen molar-refractivity contribution in [3.63, 3.8) is 0 Å². The zero-order valence-corrected chi connectivity index (χ0v) is 11.6. The fourth-order valence-corrected chi connectivity index (χ4v) is 2.08. The van der Waals surface area contributed by atoms with Crippen molar-refractivity contribution in [2.75, 3.05) is 0 Å². The molecule has 0 aromatic heterocycles. The van der Waals surface area contributed by atoms with Crippen molar-refractivity contribution in [1.82, 2.24) is 0 Å². The fraction of sp³-hybridized carbons (Fsp3) is 0.833. The molecule has 5 N–H and O–H groups in total. The van der Waals surface area contributed by atoms with Crippen molar-refractivity contribution >= 4 is 12.3 Å². The molecule has 0 aromatic rings. The fourth-order valence-electron chi connectivity index (χ4n) is 2.08. The molecule has 1 rings (SSSR count). The highest BCUT2D eigenvalue weighted by atomic mass is 17.1. The number of hydrogen-bond acceptors (Lipinski definition) is 4. The van der Waals surface area contributed by atoms with Crippen LogP contribution in [0.4, 0.5) is 9.59 Å². The third-order valence-electron chi connectivity index (χ3n) is 2.94. The molecule has 0 atom stereocenters. The Morgan fingerprint density at radius 1 is 1.00 bits per heavy atom. The maximum absolute atomic E-state index is 8.87. The van der Waals surface area contributed by atoms with E-state index in [9.17, 15) is 0 Å². The Labute approximate surface area is 117 Å². The average Bonchev–Trinajstić information content (AvgIpc) is 2.36. The predicted molar refractivity (Wildman–Crippen MR) is 70.4 cm³/mol. The van der Waals surface area contributed by atoms with Gasteiger partial charge in [-0.2, -0.15) is 0 Å². The second-order valence-electron chi connectivity index (χ2n) is 4.50. The van der Waals surface area contributed by atoms with Gasteiger partial charge in [0.25, 0.3) is 0 Å². The summed E-state index contributed by atoms with van der Waals surface area (Å²) in [7, 11) is 0. The van der Waals surface area contributed by atoms with Gasteiger partial charge >= 0.3 is 12.3 Å². The standard InChI is InChI=1S/C10H20O2.2CH2O3/c1-2-3-7-10(12-11)8-5-4-6-9-10;2*2-1(3)4/h11H,2-9H2,1H3;2*(H2,2,3,4).